The molecule has 5 heterocycles. The Hall–Kier alpha value is -6.08. The van der Waals surface area contributed by atoms with Crippen molar-refractivity contribution in [2.45, 2.75) is 52.1 Å². The van der Waals surface area contributed by atoms with Gasteiger partial charge in [-0.15, -0.1) is 0 Å². The van der Waals surface area contributed by atoms with E-state index in [1.54, 1.807) is 59.4 Å². The standard InChI is InChI=1S/C19H19F3N4O2S.C11H14N4O2S.C7H6F3NO.C7H4F3NO.CHCl3.Mn.2O/c1-23-29(27,28)16-8-4-13(17(9-16)18-11-26(2)12-25-18)3-6-15-7-5-14(10-24-15)19(20,21)22;1-13-18(16,17)8-3-4-10(12)9(5-8)11-6-15(2)7-14-11;2*8-7(9,10)5-1-2-6(4-12)11-3-5;2-1(3)4;;;/h4-5,7-12,23H,3,6H2,1-2H3;3-7,13H,12H2,1-2H3;1-3,12H,4H2;1-4H;1H;;;. The summed E-state index contributed by atoms with van der Waals surface area (Å²) < 4.78 is 181. The molecule has 78 heavy (non-hydrogen) atoms. The van der Waals surface area contributed by atoms with Crippen LogP contribution in [-0.4, -0.2) is 80.7 Å². The fraction of sp³-hybridized carbons (Fsp3) is 0.244. The monoisotopic (exact) mass is 1250 g/mol. The van der Waals surface area contributed by atoms with Crippen LogP contribution in [0.1, 0.15) is 44.1 Å². The number of imidazole rings is 2. The summed E-state index contributed by atoms with van der Waals surface area (Å²) in [4.78, 5) is 29.3. The van der Waals surface area contributed by atoms with Gasteiger partial charge in [0.2, 0.25) is 20.0 Å². The number of carbonyl (C=O) groups is 1. The number of aliphatic hydroxyl groups excluding tert-OH is 1. The number of benzene rings is 2. The zero-order valence-electron chi connectivity index (χ0n) is 40.5. The number of halogens is 12. The van der Waals surface area contributed by atoms with E-state index in [0.717, 1.165) is 42.1 Å². The summed E-state index contributed by atoms with van der Waals surface area (Å²) in [5.41, 5.74) is 7.93. The first-order valence-electron chi connectivity index (χ1n) is 21.1. The molecule has 0 saturated heterocycles. The SMILES string of the molecule is CNS(=O)(=O)c1ccc(CCc2ccc(C(F)(F)F)cn2)c(-c2cn(C)cn2)c1.CNS(=O)(=O)c1ccc(N)c(-c2cn(C)cn2)c1.ClC(Cl)Cl.O=Cc1ccc(C(F)(F)F)cn1.OCc1ccc(C(F)(F)F)cn1.[O]=[Mn]=[O]. The van der Waals surface area contributed by atoms with Crippen molar-refractivity contribution in [3.05, 3.63) is 156 Å². The van der Waals surface area contributed by atoms with Crippen LogP contribution in [0.2, 0.25) is 0 Å². The molecule has 5 N–H and O–H groups in total. The van der Waals surface area contributed by atoms with Crippen molar-refractivity contribution in [1.29, 1.82) is 0 Å². The summed E-state index contributed by atoms with van der Waals surface area (Å²) in [6, 6.07) is 15.5. The minimum absolute atomic E-state index is 0.0111. The Kier molecular flexibility index (Phi) is 27.0. The summed E-state index contributed by atoms with van der Waals surface area (Å²) in [5, 5.41) is 8.49. The van der Waals surface area contributed by atoms with Crippen molar-refractivity contribution in [2.24, 2.45) is 14.1 Å². The van der Waals surface area contributed by atoms with E-state index in [4.69, 9.17) is 53.3 Å². The van der Waals surface area contributed by atoms with Crippen LogP contribution in [0.4, 0.5) is 45.2 Å². The molecule has 0 aliphatic heterocycles. The van der Waals surface area contributed by atoms with E-state index < -0.39 is 74.4 Å². The molecular formula is C45H44Cl3F9MnN10O8S2. The molecule has 2 aromatic carbocycles. The van der Waals surface area contributed by atoms with Crippen molar-refractivity contribution in [2.75, 3.05) is 19.8 Å². The molecule has 0 spiro atoms. The fourth-order valence-electron chi connectivity index (χ4n) is 5.77. The third-order valence-electron chi connectivity index (χ3n) is 9.58. The van der Waals surface area contributed by atoms with Gasteiger partial charge in [-0.25, -0.2) is 36.2 Å². The molecule has 5 aromatic heterocycles. The molecule has 0 radical (unpaired) electrons. The number of rotatable bonds is 11. The second-order valence-electron chi connectivity index (χ2n) is 15.0. The average molecular weight is 1250 g/mol. The number of nitrogens with two attached hydrogens (primary N) is 1. The molecule has 0 saturated carbocycles. The van der Waals surface area contributed by atoms with E-state index in [0.29, 0.717) is 65.4 Å². The van der Waals surface area contributed by atoms with Gasteiger partial charge in [-0.2, -0.15) is 39.5 Å². The zero-order valence-corrected chi connectivity index (χ0v) is 45.6. The molecule has 0 atom stereocenters. The van der Waals surface area contributed by atoms with Crippen molar-refractivity contribution in [1.82, 2.24) is 43.5 Å². The molecule has 7 rings (SSSR count). The van der Waals surface area contributed by atoms with E-state index in [1.165, 1.54) is 38.4 Å². The van der Waals surface area contributed by atoms with Gasteiger partial charge in [0, 0.05) is 67.6 Å². The molecule has 18 nitrogen and oxygen atoms in total. The quantitative estimate of drug-likeness (QED) is 0.0310. The zero-order chi connectivity index (χ0) is 59.2. The van der Waals surface area contributed by atoms with Gasteiger partial charge in [0.25, 0.3) is 0 Å². The Balaban J connectivity index is 0.000000363. The number of hydrogen-bond acceptors (Lipinski definition) is 14. The van der Waals surface area contributed by atoms with E-state index in [2.05, 4.69) is 34.4 Å². The number of pyridine rings is 3. The van der Waals surface area contributed by atoms with Gasteiger partial charge in [-0.05, 0) is 99.2 Å². The number of anilines is 1. The van der Waals surface area contributed by atoms with Gasteiger partial charge in [0.1, 0.15) is 5.69 Å². The summed E-state index contributed by atoms with van der Waals surface area (Å²) in [6.45, 7) is -0.349. The van der Waals surface area contributed by atoms with Gasteiger partial charge in [-0.3, -0.25) is 19.7 Å². The first-order chi connectivity index (χ1) is 36.3. The molecule has 0 aliphatic rings. The number of nitrogens with one attached hydrogen (secondary N) is 2. The molecule has 0 bridgehead atoms. The Morgan fingerprint density at radius 1 is 0.628 bits per heavy atom. The van der Waals surface area contributed by atoms with E-state index >= 15 is 0 Å². The predicted octanol–water partition coefficient (Wildman–Crippen LogP) is 9.02. The van der Waals surface area contributed by atoms with Crippen LogP contribution < -0.4 is 15.2 Å². The van der Waals surface area contributed by atoms with Gasteiger partial charge >= 0.3 is 41.0 Å². The fourth-order valence-corrected chi connectivity index (χ4v) is 7.29. The van der Waals surface area contributed by atoms with E-state index in [9.17, 15) is 61.1 Å². The third-order valence-corrected chi connectivity index (χ3v) is 12.4. The Labute approximate surface area is 460 Å². The van der Waals surface area contributed by atoms with E-state index in [-0.39, 0.29) is 27.8 Å². The number of hydrogen-bond donors (Lipinski definition) is 4. The van der Waals surface area contributed by atoms with Crippen LogP contribution in [-0.2, 0) is 94.6 Å². The number of nitrogen functional groups attached to an aromatic ring is 1. The van der Waals surface area contributed by atoms with Crippen molar-refractivity contribution in [3.8, 4) is 22.5 Å². The van der Waals surface area contributed by atoms with Crippen molar-refractivity contribution >= 4 is 66.8 Å². The molecule has 7 aromatic rings. The third kappa shape index (κ3) is 22.7. The summed E-state index contributed by atoms with van der Waals surface area (Å²) in [6.07, 6.45) is -2.99. The van der Waals surface area contributed by atoms with Gasteiger partial charge in [0.15, 0.2) is 10.6 Å². The second kappa shape index (κ2) is 30.9. The molecule has 0 fully saturated rings. The Morgan fingerprint density at radius 3 is 1.37 bits per heavy atom. The molecule has 33 heteroatoms. The topological polar surface area (TPSA) is 264 Å². The summed E-state index contributed by atoms with van der Waals surface area (Å²) in [5.74, 6) is 0. The van der Waals surface area contributed by atoms with Crippen LogP contribution >= 0.6 is 34.8 Å². The second-order valence-corrected chi connectivity index (χ2v) is 20.9. The molecule has 425 valence electrons. The molecule has 0 amide bonds. The van der Waals surface area contributed by atoms with E-state index in [1.807, 2.05) is 7.05 Å². The number of aryl methyl sites for hydroxylation is 4. The van der Waals surface area contributed by atoms with Gasteiger partial charge in [-0.1, -0.05) is 40.9 Å². The van der Waals surface area contributed by atoms with Crippen molar-refractivity contribution in [3.63, 3.8) is 0 Å². The maximum atomic E-state index is 12.7. The first-order valence-corrected chi connectivity index (χ1v) is 26.3. The Bertz CT molecular complexity index is 3280. The molecular weight excluding hydrogens is 1200 g/mol. The molecule has 0 aliphatic carbocycles. The number of alkyl halides is 12. The van der Waals surface area contributed by atoms with Crippen LogP contribution in [0.25, 0.3) is 22.5 Å². The number of nitrogens with zero attached hydrogens (tertiary/aromatic N) is 7. The predicted molar refractivity (Wildman–Crippen MR) is 263 cm³/mol. The van der Waals surface area contributed by atoms with Crippen LogP contribution in [0.15, 0.2) is 126 Å². The van der Waals surface area contributed by atoms with Crippen LogP contribution in [0.5, 0.6) is 0 Å². The number of carbonyl (C=O) groups excluding carboxylic acids is 1. The number of aromatic nitrogens is 7. The summed E-state index contributed by atoms with van der Waals surface area (Å²) >= 11 is 13.0. The number of aliphatic hydroxyl groups is 1. The van der Waals surface area contributed by atoms with Crippen LogP contribution in [0, 0.1) is 0 Å². The Morgan fingerprint density at radius 2 is 1.03 bits per heavy atom. The van der Waals surface area contributed by atoms with Gasteiger partial charge < -0.3 is 20.0 Å². The normalized spacial score (nSPS) is 11.4. The average Bonchev–Trinajstić information content (AvgIpc) is 4.03. The number of sulfonamides is 2. The van der Waals surface area contributed by atoms with Crippen LogP contribution in [0.3, 0.4) is 0 Å². The summed E-state index contributed by atoms with van der Waals surface area (Å²) in [7, 11) is -0.770. The first kappa shape index (κ1) is 68.0. The maximum absolute atomic E-state index is 12.7. The molecule has 0 unspecified atom stereocenters. The van der Waals surface area contributed by atoms with Crippen molar-refractivity contribution < 1.29 is 88.7 Å². The number of aldehydes is 1. The minimum atomic E-state index is -4.42. The van der Waals surface area contributed by atoms with Gasteiger partial charge in [0.05, 0.1) is 62.8 Å².